The predicted octanol–water partition coefficient (Wildman–Crippen LogP) is 0.571. The number of nitrogens with zero attached hydrogens (tertiary/aromatic N) is 1. The van der Waals surface area contributed by atoms with E-state index in [4.69, 9.17) is 5.73 Å². The van der Waals surface area contributed by atoms with Crippen molar-refractivity contribution in [3.05, 3.63) is 21.4 Å². The number of amides is 1. The van der Waals surface area contributed by atoms with Gasteiger partial charge in [0.05, 0.1) is 16.3 Å². The van der Waals surface area contributed by atoms with E-state index in [1.165, 1.54) is 11.3 Å². The number of nitrogens with two attached hydrogens (primary N) is 1. The third kappa shape index (κ3) is 3.44. The summed E-state index contributed by atoms with van der Waals surface area (Å²) in [5.74, 6) is 6.97. The van der Waals surface area contributed by atoms with E-state index in [0.29, 0.717) is 36.0 Å². The quantitative estimate of drug-likeness (QED) is 0.771. The molecule has 2 rings (SSSR count). The molecule has 0 aliphatic carbocycles. The zero-order valence-electron chi connectivity index (χ0n) is 10.8. The van der Waals surface area contributed by atoms with Crippen molar-refractivity contribution in [1.82, 2.24) is 4.90 Å². The minimum atomic E-state index is -0.764. The number of carbonyl (C=O) groups is 1. The number of hydrogen-bond donors (Lipinski definition) is 1. The molecule has 2 heterocycles. The maximum absolute atomic E-state index is 12.3. The highest BCUT2D eigenvalue weighted by Crippen LogP contribution is 2.22. The summed E-state index contributed by atoms with van der Waals surface area (Å²) in [6.07, 6.45) is 0. The second-order valence-electron chi connectivity index (χ2n) is 4.27. The molecular formula is C13H16N2O2S2. The maximum Gasteiger partial charge on any atom is 0.264 e. The van der Waals surface area contributed by atoms with Gasteiger partial charge in [0, 0.05) is 35.4 Å². The summed E-state index contributed by atoms with van der Waals surface area (Å²) in [6.45, 7) is 3.41. The number of hydrogen-bond acceptors (Lipinski definition) is 4. The zero-order valence-corrected chi connectivity index (χ0v) is 12.4. The van der Waals surface area contributed by atoms with E-state index in [2.05, 4.69) is 11.8 Å². The van der Waals surface area contributed by atoms with Crippen LogP contribution in [0, 0.1) is 18.8 Å². The van der Waals surface area contributed by atoms with Crippen LogP contribution in [-0.2, 0) is 10.8 Å². The number of aryl methyl sites for hydroxylation is 1. The van der Waals surface area contributed by atoms with Gasteiger partial charge in [-0.1, -0.05) is 11.8 Å². The average molecular weight is 296 g/mol. The van der Waals surface area contributed by atoms with Crippen molar-refractivity contribution >= 4 is 28.0 Å². The molecule has 4 nitrogen and oxygen atoms in total. The summed E-state index contributed by atoms with van der Waals surface area (Å²) < 4.78 is 11.3. The minimum absolute atomic E-state index is 0.0191. The zero-order chi connectivity index (χ0) is 13.8. The van der Waals surface area contributed by atoms with Crippen molar-refractivity contribution in [2.45, 2.75) is 6.92 Å². The van der Waals surface area contributed by atoms with Crippen LogP contribution in [0.15, 0.2) is 6.07 Å². The lowest BCUT2D eigenvalue weighted by Gasteiger charge is -2.25. The van der Waals surface area contributed by atoms with Gasteiger partial charge in [-0.3, -0.25) is 9.00 Å². The van der Waals surface area contributed by atoms with E-state index in [1.54, 1.807) is 4.90 Å². The Balaban J connectivity index is 2.13. The lowest BCUT2D eigenvalue weighted by Crippen LogP contribution is -2.41. The fraction of sp³-hybridized carbons (Fsp3) is 0.462. The van der Waals surface area contributed by atoms with E-state index in [0.717, 1.165) is 10.4 Å². The SMILES string of the molecule is Cc1cc(C(=O)N2CCS(=O)CC2)sc1C#CCN. The van der Waals surface area contributed by atoms with E-state index < -0.39 is 10.8 Å². The topological polar surface area (TPSA) is 63.4 Å². The molecule has 102 valence electrons. The van der Waals surface area contributed by atoms with Gasteiger partial charge < -0.3 is 10.6 Å². The fourth-order valence-electron chi connectivity index (χ4n) is 1.84. The van der Waals surface area contributed by atoms with Gasteiger partial charge in [0.25, 0.3) is 5.91 Å². The number of rotatable bonds is 1. The highest BCUT2D eigenvalue weighted by atomic mass is 32.2. The molecule has 1 aromatic heterocycles. The van der Waals surface area contributed by atoms with Crippen molar-refractivity contribution in [3.8, 4) is 11.8 Å². The standard InChI is InChI=1S/C13H16N2O2S2/c1-10-9-12(18-11(10)3-2-4-14)13(16)15-5-7-19(17)8-6-15/h9H,4-8,14H2,1H3. The van der Waals surface area contributed by atoms with Crippen LogP contribution in [0.5, 0.6) is 0 Å². The Labute approximate surface area is 119 Å². The van der Waals surface area contributed by atoms with Crippen molar-refractivity contribution < 1.29 is 9.00 Å². The van der Waals surface area contributed by atoms with Gasteiger partial charge in [-0.2, -0.15) is 0 Å². The summed E-state index contributed by atoms with van der Waals surface area (Å²) in [4.78, 5) is 15.7. The largest absolute Gasteiger partial charge is 0.336 e. The van der Waals surface area contributed by atoms with Gasteiger partial charge in [0.1, 0.15) is 0 Å². The smallest absolute Gasteiger partial charge is 0.264 e. The molecule has 1 aliphatic heterocycles. The third-order valence-corrected chi connectivity index (χ3v) is 5.31. The van der Waals surface area contributed by atoms with E-state index >= 15 is 0 Å². The molecule has 1 aromatic rings. The molecule has 0 spiro atoms. The van der Waals surface area contributed by atoms with Gasteiger partial charge in [0.15, 0.2) is 0 Å². The molecule has 1 amide bonds. The summed E-state index contributed by atoms with van der Waals surface area (Å²) in [5, 5.41) is 0. The van der Waals surface area contributed by atoms with Crippen molar-refractivity contribution in [3.63, 3.8) is 0 Å². The Hall–Kier alpha value is -1.16. The first kappa shape index (κ1) is 14.3. The van der Waals surface area contributed by atoms with Gasteiger partial charge in [-0.05, 0) is 18.6 Å². The van der Waals surface area contributed by atoms with Gasteiger partial charge >= 0.3 is 0 Å². The van der Waals surface area contributed by atoms with Gasteiger partial charge in [-0.25, -0.2) is 0 Å². The molecule has 0 bridgehead atoms. The number of carbonyl (C=O) groups excluding carboxylic acids is 1. The second kappa shape index (κ2) is 6.33. The first-order chi connectivity index (χ1) is 9.11. The first-order valence-corrected chi connectivity index (χ1v) is 8.36. The average Bonchev–Trinajstić information content (AvgIpc) is 2.78. The Morgan fingerprint density at radius 3 is 2.84 bits per heavy atom. The summed E-state index contributed by atoms with van der Waals surface area (Å²) in [6, 6.07) is 1.87. The first-order valence-electron chi connectivity index (χ1n) is 6.05. The highest BCUT2D eigenvalue weighted by molar-refractivity contribution is 7.85. The molecule has 0 atom stereocenters. The summed E-state index contributed by atoms with van der Waals surface area (Å²) in [7, 11) is -0.764. The lowest BCUT2D eigenvalue weighted by atomic mass is 10.2. The minimum Gasteiger partial charge on any atom is -0.336 e. The van der Waals surface area contributed by atoms with E-state index in [9.17, 15) is 9.00 Å². The molecule has 0 radical (unpaired) electrons. The Kier molecular flexibility index (Phi) is 4.75. The van der Waals surface area contributed by atoms with Crippen LogP contribution >= 0.6 is 11.3 Å². The van der Waals surface area contributed by atoms with Crippen LogP contribution in [0.1, 0.15) is 20.1 Å². The molecule has 0 saturated carbocycles. The molecule has 0 unspecified atom stereocenters. The molecule has 0 aromatic carbocycles. The van der Waals surface area contributed by atoms with Crippen LogP contribution in [0.25, 0.3) is 0 Å². The Morgan fingerprint density at radius 2 is 2.21 bits per heavy atom. The molecule has 19 heavy (non-hydrogen) atoms. The van der Waals surface area contributed by atoms with Crippen LogP contribution in [0.3, 0.4) is 0 Å². The maximum atomic E-state index is 12.3. The van der Waals surface area contributed by atoms with Crippen LogP contribution in [-0.4, -0.2) is 46.2 Å². The normalized spacial score (nSPS) is 16.0. The molecule has 1 fully saturated rings. The van der Waals surface area contributed by atoms with Crippen molar-refractivity contribution in [2.75, 3.05) is 31.1 Å². The van der Waals surface area contributed by atoms with E-state index in [-0.39, 0.29) is 5.91 Å². The molecule has 1 aliphatic rings. The molecular weight excluding hydrogens is 280 g/mol. The van der Waals surface area contributed by atoms with E-state index in [1.807, 2.05) is 13.0 Å². The molecule has 1 saturated heterocycles. The van der Waals surface area contributed by atoms with Crippen molar-refractivity contribution in [1.29, 1.82) is 0 Å². The predicted molar refractivity (Wildman–Crippen MR) is 78.8 cm³/mol. The molecule has 2 N–H and O–H groups in total. The lowest BCUT2D eigenvalue weighted by molar-refractivity contribution is 0.0776. The number of thiophene rings is 1. The van der Waals surface area contributed by atoms with Crippen LogP contribution in [0.2, 0.25) is 0 Å². The molecule has 6 heteroatoms. The third-order valence-electron chi connectivity index (χ3n) is 2.90. The highest BCUT2D eigenvalue weighted by Gasteiger charge is 2.22. The van der Waals surface area contributed by atoms with Crippen molar-refractivity contribution in [2.24, 2.45) is 5.73 Å². The summed E-state index contributed by atoms with van der Waals surface area (Å²) >= 11 is 1.41. The van der Waals surface area contributed by atoms with Crippen LogP contribution in [0.4, 0.5) is 0 Å². The summed E-state index contributed by atoms with van der Waals surface area (Å²) in [5.41, 5.74) is 6.36. The van der Waals surface area contributed by atoms with Gasteiger partial charge in [0.2, 0.25) is 0 Å². The van der Waals surface area contributed by atoms with Gasteiger partial charge in [-0.15, -0.1) is 11.3 Å². The fourth-order valence-corrected chi connectivity index (χ4v) is 3.91. The Bertz CT molecular complexity index is 559. The van der Waals surface area contributed by atoms with Crippen LogP contribution < -0.4 is 5.73 Å². The Morgan fingerprint density at radius 1 is 1.53 bits per heavy atom. The second-order valence-corrected chi connectivity index (χ2v) is 7.02. The monoisotopic (exact) mass is 296 g/mol.